The first-order valence-corrected chi connectivity index (χ1v) is 5.26. The zero-order chi connectivity index (χ0) is 9.99. The average Bonchev–Trinajstić information content (AvgIpc) is 1.80. The van der Waals surface area contributed by atoms with Crippen molar-refractivity contribution in [1.82, 2.24) is 0 Å². The van der Waals surface area contributed by atoms with Crippen LogP contribution >= 0.6 is 11.6 Å². The van der Waals surface area contributed by atoms with Gasteiger partial charge in [0, 0.05) is 4.87 Å². The Morgan fingerprint density at radius 2 is 1.58 bits per heavy atom. The Morgan fingerprint density at radius 1 is 1.17 bits per heavy atom. The molecule has 1 heteroatoms. The second kappa shape index (κ2) is 4.00. The summed E-state index contributed by atoms with van der Waals surface area (Å²) in [5.41, 5.74) is 0.333. The van der Waals surface area contributed by atoms with E-state index in [1.165, 1.54) is 0 Å². The topological polar surface area (TPSA) is 0 Å². The van der Waals surface area contributed by atoms with Crippen molar-refractivity contribution < 1.29 is 0 Å². The number of alkyl halides is 1. The molecule has 2 atom stereocenters. The van der Waals surface area contributed by atoms with E-state index in [9.17, 15) is 0 Å². The molecule has 2 unspecified atom stereocenters. The van der Waals surface area contributed by atoms with E-state index >= 15 is 0 Å². The van der Waals surface area contributed by atoms with Crippen LogP contribution in [0, 0.1) is 11.3 Å². The summed E-state index contributed by atoms with van der Waals surface area (Å²) in [6.07, 6.45) is 2.24. The second-order valence-corrected chi connectivity index (χ2v) is 6.19. The van der Waals surface area contributed by atoms with Crippen molar-refractivity contribution in [3.8, 4) is 0 Å². The molecule has 0 N–H and O–H groups in total. The van der Waals surface area contributed by atoms with E-state index in [1.807, 2.05) is 0 Å². The van der Waals surface area contributed by atoms with Crippen LogP contribution in [0.4, 0.5) is 0 Å². The quantitative estimate of drug-likeness (QED) is 0.577. The highest BCUT2D eigenvalue weighted by molar-refractivity contribution is 6.23. The van der Waals surface area contributed by atoms with E-state index < -0.39 is 0 Å². The molecule has 0 nitrogen and oxygen atoms in total. The fourth-order valence-corrected chi connectivity index (χ4v) is 2.19. The zero-order valence-corrected chi connectivity index (χ0v) is 10.1. The molecule has 12 heavy (non-hydrogen) atoms. The van der Waals surface area contributed by atoms with Crippen molar-refractivity contribution in [2.75, 3.05) is 0 Å². The van der Waals surface area contributed by atoms with Crippen molar-refractivity contribution in [3.05, 3.63) is 0 Å². The third-order valence-electron chi connectivity index (χ3n) is 2.52. The molecule has 0 aliphatic rings. The van der Waals surface area contributed by atoms with Gasteiger partial charge in [-0.25, -0.2) is 0 Å². The van der Waals surface area contributed by atoms with Crippen LogP contribution in [0.5, 0.6) is 0 Å². The van der Waals surface area contributed by atoms with Crippen LogP contribution < -0.4 is 0 Å². The third kappa shape index (κ3) is 4.35. The Bertz CT molecular complexity index is 130. The summed E-state index contributed by atoms with van der Waals surface area (Å²) in [5, 5.41) is 0. The minimum atomic E-state index is -0.0347. The largest absolute Gasteiger partial charge is 0.119 e. The summed E-state index contributed by atoms with van der Waals surface area (Å²) in [4.78, 5) is -0.0347. The first kappa shape index (κ1) is 12.3. The molecule has 0 bridgehead atoms. The molecule has 0 radical (unpaired) electrons. The first-order valence-electron chi connectivity index (χ1n) is 4.88. The Hall–Kier alpha value is 0.290. The van der Waals surface area contributed by atoms with Crippen molar-refractivity contribution in [2.24, 2.45) is 11.3 Å². The van der Waals surface area contributed by atoms with Crippen molar-refractivity contribution in [1.29, 1.82) is 0 Å². The normalized spacial score (nSPS) is 20.2. The maximum absolute atomic E-state index is 6.47. The standard InChI is InChI=1S/C11H23Cl/c1-7-9(2)11(6,12)8-10(3,4)5/h9H,7-8H2,1-6H3. The van der Waals surface area contributed by atoms with E-state index in [1.54, 1.807) is 0 Å². The van der Waals surface area contributed by atoms with Crippen LogP contribution in [0.25, 0.3) is 0 Å². The molecule has 0 spiro atoms. The molecule has 0 amide bonds. The lowest BCUT2D eigenvalue weighted by molar-refractivity contribution is 0.268. The smallest absolute Gasteiger partial charge is 0.0449 e. The van der Waals surface area contributed by atoms with Crippen molar-refractivity contribution in [3.63, 3.8) is 0 Å². The fraction of sp³-hybridized carbons (Fsp3) is 1.00. The minimum absolute atomic E-state index is 0.0347. The van der Waals surface area contributed by atoms with E-state index in [4.69, 9.17) is 11.6 Å². The highest BCUT2D eigenvalue weighted by Gasteiger charge is 2.31. The van der Waals surface area contributed by atoms with Gasteiger partial charge in [0.15, 0.2) is 0 Å². The highest BCUT2D eigenvalue weighted by atomic mass is 35.5. The predicted octanol–water partition coefficient (Wildman–Crippen LogP) is 4.47. The van der Waals surface area contributed by atoms with Crippen molar-refractivity contribution >= 4 is 11.6 Å². The molecule has 0 aromatic heterocycles. The molecule has 74 valence electrons. The van der Waals surface area contributed by atoms with Gasteiger partial charge in [-0.2, -0.15) is 0 Å². The van der Waals surface area contributed by atoms with Gasteiger partial charge in [0.1, 0.15) is 0 Å². The van der Waals surface area contributed by atoms with Gasteiger partial charge in [0.25, 0.3) is 0 Å². The van der Waals surface area contributed by atoms with E-state index in [0.717, 1.165) is 12.8 Å². The fourth-order valence-electron chi connectivity index (χ4n) is 1.64. The molecular weight excluding hydrogens is 168 g/mol. The van der Waals surface area contributed by atoms with E-state index in [-0.39, 0.29) is 4.87 Å². The van der Waals surface area contributed by atoms with Crippen LogP contribution in [0.15, 0.2) is 0 Å². The van der Waals surface area contributed by atoms with Gasteiger partial charge in [-0.1, -0.05) is 41.0 Å². The molecule has 0 fully saturated rings. The Morgan fingerprint density at radius 3 is 1.83 bits per heavy atom. The predicted molar refractivity (Wildman–Crippen MR) is 57.8 cm³/mol. The summed E-state index contributed by atoms with van der Waals surface area (Å²) in [6.45, 7) is 13.3. The van der Waals surface area contributed by atoms with E-state index in [2.05, 4.69) is 41.5 Å². The number of rotatable bonds is 3. The maximum atomic E-state index is 6.47. The van der Waals surface area contributed by atoms with Crippen molar-refractivity contribution in [2.45, 2.75) is 59.3 Å². The van der Waals surface area contributed by atoms with Gasteiger partial charge in [-0.05, 0) is 24.7 Å². The molecule has 0 saturated carbocycles. The Balaban J connectivity index is 4.22. The molecular formula is C11H23Cl. The summed E-state index contributed by atoms with van der Waals surface area (Å²) in [5.74, 6) is 0.596. The van der Waals surface area contributed by atoms with E-state index in [0.29, 0.717) is 11.3 Å². The van der Waals surface area contributed by atoms with Crippen LogP contribution in [0.3, 0.4) is 0 Å². The summed E-state index contributed by atoms with van der Waals surface area (Å²) in [7, 11) is 0. The number of hydrogen-bond acceptors (Lipinski definition) is 0. The average molecular weight is 191 g/mol. The lowest BCUT2D eigenvalue weighted by Crippen LogP contribution is -2.31. The third-order valence-corrected chi connectivity index (χ3v) is 3.02. The van der Waals surface area contributed by atoms with Crippen LogP contribution in [-0.4, -0.2) is 4.87 Å². The monoisotopic (exact) mass is 190 g/mol. The highest BCUT2D eigenvalue weighted by Crippen LogP contribution is 2.38. The first-order chi connectivity index (χ1) is 5.19. The number of hydrogen-bond donors (Lipinski definition) is 0. The molecule has 0 aliphatic carbocycles. The molecule has 0 heterocycles. The van der Waals surface area contributed by atoms with Gasteiger partial charge >= 0.3 is 0 Å². The van der Waals surface area contributed by atoms with Gasteiger partial charge in [0.2, 0.25) is 0 Å². The summed E-state index contributed by atoms with van der Waals surface area (Å²) < 4.78 is 0. The van der Waals surface area contributed by atoms with Gasteiger partial charge in [-0.3, -0.25) is 0 Å². The Labute approximate surface area is 82.7 Å². The van der Waals surface area contributed by atoms with Gasteiger partial charge in [0.05, 0.1) is 0 Å². The summed E-state index contributed by atoms with van der Waals surface area (Å²) in [6, 6.07) is 0. The molecule has 0 aliphatic heterocycles. The van der Waals surface area contributed by atoms with Gasteiger partial charge < -0.3 is 0 Å². The molecule has 0 saturated heterocycles. The van der Waals surface area contributed by atoms with Crippen LogP contribution in [-0.2, 0) is 0 Å². The summed E-state index contributed by atoms with van der Waals surface area (Å²) >= 11 is 6.47. The lowest BCUT2D eigenvalue weighted by atomic mass is 9.79. The SMILES string of the molecule is CCC(C)C(C)(Cl)CC(C)(C)C. The lowest BCUT2D eigenvalue weighted by Gasteiger charge is -2.34. The number of halogens is 1. The van der Waals surface area contributed by atoms with Gasteiger partial charge in [-0.15, -0.1) is 11.6 Å². The second-order valence-electron chi connectivity index (χ2n) is 5.32. The van der Waals surface area contributed by atoms with Crippen LogP contribution in [0.1, 0.15) is 54.4 Å². The molecule has 0 aromatic rings. The maximum Gasteiger partial charge on any atom is 0.0449 e. The van der Waals surface area contributed by atoms with Crippen LogP contribution in [0.2, 0.25) is 0 Å². The Kier molecular flexibility index (Phi) is 4.10. The molecule has 0 rings (SSSR count). The minimum Gasteiger partial charge on any atom is -0.119 e. The zero-order valence-electron chi connectivity index (χ0n) is 9.37. The molecule has 0 aromatic carbocycles.